The molecule has 0 fully saturated rings. The summed E-state index contributed by atoms with van der Waals surface area (Å²) in [4.78, 5) is 0. The van der Waals surface area contributed by atoms with Gasteiger partial charge in [-0.1, -0.05) is 313 Å². The topological polar surface area (TPSA) is 0 Å². The maximum absolute atomic E-state index is 2.25. The van der Waals surface area contributed by atoms with Crippen LogP contribution < -0.4 is 0 Å². The van der Waals surface area contributed by atoms with Gasteiger partial charge in [0.1, 0.15) is 0 Å². The van der Waals surface area contributed by atoms with E-state index in [4.69, 9.17) is 0 Å². The summed E-state index contributed by atoms with van der Waals surface area (Å²) in [5.74, 6) is 0. The normalized spacial score (nSPS) is 10.3. The molecule has 0 aliphatic carbocycles. The number of rotatable bonds is 5. The SMILES string of the molecule is Cc1ccc(-c2ccc3ccccc3c2)cc1.Cc1ccc(-c2cccc3ccccc23)cc1.Cc1ccc(-c2ccccc2)cc1.Cc1cccc(-c2ccccc2)c1.Cc1ccccc1-c1ccccc1. The van der Waals surface area contributed by atoms with Crippen molar-refractivity contribution in [3.8, 4) is 55.6 Å². The van der Waals surface area contributed by atoms with Crippen LogP contribution in [0.3, 0.4) is 0 Å². The molecule has 73 heavy (non-hydrogen) atoms. The van der Waals surface area contributed by atoms with Crippen LogP contribution in [0.15, 0.2) is 297 Å². The predicted octanol–water partition coefficient (Wildman–Crippen LogP) is 20.6. The van der Waals surface area contributed by atoms with Crippen molar-refractivity contribution in [2.75, 3.05) is 0 Å². The minimum Gasteiger partial charge on any atom is -0.0622 e. The Balaban J connectivity index is 0.000000123. The van der Waals surface area contributed by atoms with Gasteiger partial charge in [-0.3, -0.25) is 0 Å². The van der Waals surface area contributed by atoms with E-state index in [9.17, 15) is 0 Å². The number of fused-ring (bicyclic) bond motifs is 2. The van der Waals surface area contributed by atoms with Gasteiger partial charge in [-0.05, 0) is 123 Å². The molecule has 0 spiro atoms. The predicted molar refractivity (Wildman–Crippen MR) is 318 cm³/mol. The van der Waals surface area contributed by atoms with Crippen molar-refractivity contribution in [1.82, 2.24) is 0 Å². The Kier molecular flexibility index (Phi) is 17.9. The highest BCUT2D eigenvalue weighted by Gasteiger charge is 2.03. The largest absolute Gasteiger partial charge is 0.0622 e. The number of hydrogen-bond acceptors (Lipinski definition) is 0. The molecule has 0 N–H and O–H groups in total. The first-order valence-corrected chi connectivity index (χ1v) is 25.2. The Hall–Kier alpha value is -8.84. The second kappa shape index (κ2) is 25.9. The summed E-state index contributed by atoms with van der Waals surface area (Å²) in [6.45, 7) is 10.6. The van der Waals surface area contributed by atoms with E-state index in [1.165, 1.54) is 105 Å². The minimum absolute atomic E-state index is 1.28. The summed E-state index contributed by atoms with van der Waals surface area (Å²) in [7, 11) is 0. The van der Waals surface area contributed by atoms with Crippen molar-refractivity contribution in [2.24, 2.45) is 0 Å². The average Bonchev–Trinajstić information content (AvgIpc) is 3.45. The summed E-state index contributed by atoms with van der Waals surface area (Å²) in [5, 5.41) is 5.21. The fourth-order valence-corrected chi connectivity index (χ4v) is 8.67. The lowest BCUT2D eigenvalue weighted by Gasteiger charge is -2.07. The van der Waals surface area contributed by atoms with Gasteiger partial charge in [0, 0.05) is 0 Å². The van der Waals surface area contributed by atoms with Crippen molar-refractivity contribution in [3.63, 3.8) is 0 Å². The van der Waals surface area contributed by atoms with E-state index in [2.05, 4.69) is 314 Å². The van der Waals surface area contributed by atoms with Gasteiger partial charge in [0.25, 0.3) is 0 Å². The van der Waals surface area contributed by atoms with Gasteiger partial charge in [-0.25, -0.2) is 0 Å². The zero-order valence-electron chi connectivity index (χ0n) is 42.8. The molecule has 12 aromatic rings. The molecular formula is C73H64. The quantitative estimate of drug-likeness (QED) is 0.161. The summed E-state index contributed by atoms with van der Waals surface area (Å²) in [5.41, 5.74) is 19.4. The highest BCUT2D eigenvalue weighted by molar-refractivity contribution is 5.96. The van der Waals surface area contributed by atoms with Crippen LogP contribution in [0.1, 0.15) is 27.8 Å². The molecule has 0 nitrogen and oxygen atoms in total. The molecule has 0 bridgehead atoms. The van der Waals surface area contributed by atoms with Gasteiger partial charge >= 0.3 is 0 Å². The highest BCUT2D eigenvalue weighted by atomic mass is 14.1. The summed E-state index contributed by atoms with van der Waals surface area (Å²) in [6.07, 6.45) is 0. The first-order chi connectivity index (χ1) is 35.8. The third kappa shape index (κ3) is 14.6. The van der Waals surface area contributed by atoms with Crippen LogP contribution in [0.4, 0.5) is 0 Å². The molecule has 0 amide bonds. The van der Waals surface area contributed by atoms with E-state index in [0.717, 1.165) is 0 Å². The molecule has 12 rings (SSSR count). The summed E-state index contributed by atoms with van der Waals surface area (Å²) in [6, 6.07) is 104. The molecule has 12 aromatic carbocycles. The van der Waals surface area contributed by atoms with Gasteiger partial charge in [0.15, 0.2) is 0 Å². The second-order valence-corrected chi connectivity index (χ2v) is 18.5. The van der Waals surface area contributed by atoms with Crippen LogP contribution in [-0.4, -0.2) is 0 Å². The lowest BCUT2D eigenvalue weighted by Crippen LogP contribution is -1.81. The number of aryl methyl sites for hydroxylation is 5. The van der Waals surface area contributed by atoms with Crippen LogP contribution in [-0.2, 0) is 0 Å². The van der Waals surface area contributed by atoms with Crippen molar-refractivity contribution >= 4 is 21.5 Å². The number of hydrogen-bond donors (Lipinski definition) is 0. The first kappa shape index (κ1) is 50.5. The standard InChI is InChI=1S/2C17H14.3C13H12/c1-13-9-11-15(12-10-13)17-8-4-6-14-5-2-3-7-16(14)17;1-13-6-8-15(9-7-13)17-11-10-14-4-2-3-5-16(14)12-17;1-11-7-5-6-10-13(11)12-8-3-2-4-9-12;1-11-6-5-9-13(10-11)12-7-3-2-4-8-12;1-11-7-9-13(10-8-11)12-5-3-2-4-6-12/h2*2-12H,1H3;3*2-10H,1H3. The van der Waals surface area contributed by atoms with Crippen LogP contribution in [0.5, 0.6) is 0 Å². The molecule has 0 unspecified atom stereocenters. The summed E-state index contributed by atoms with van der Waals surface area (Å²) < 4.78 is 0. The molecular weight excluding hydrogens is 877 g/mol. The molecule has 0 saturated carbocycles. The fourth-order valence-electron chi connectivity index (χ4n) is 8.67. The molecule has 0 radical (unpaired) electrons. The smallest absolute Gasteiger partial charge is 0.0105 e. The Morgan fingerprint density at radius 2 is 0.534 bits per heavy atom. The van der Waals surface area contributed by atoms with E-state index in [1.54, 1.807) is 0 Å². The van der Waals surface area contributed by atoms with Crippen LogP contribution in [0.2, 0.25) is 0 Å². The van der Waals surface area contributed by atoms with Gasteiger partial charge in [0.05, 0.1) is 0 Å². The van der Waals surface area contributed by atoms with Crippen molar-refractivity contribution < 1.29 is 0 Å². The highest BCUT2D eigenvalue weighted by Crippen LogP contribution is 2.29. The Labute approximate surface area is 434 Å². The van der Waals surface area contributed by atoms with E-state index in [0.29, 0.717) is 0 Å². The second-order valence-electron chi connectivity index (χ2n) is 18.5. The third-order valence-electron chi connectivity index (χ3n) is 12.8. The Morgan fingerprint density at radius 1 is 0.178 bits per heavy atom. The van der Waals surface area contributed by atoms with E-state index in [-0.39, 0.29) is 0 Å². The van der Waals surface area contributed by atoms with Crippen molar-refractivity contribution in [3.05, 3.63) is 325 Å². The van der Waals surface area contributed by atoms with Gasteiger partial charge in [-0.2, -0.15) is 0 Å². The van der Waals surface area contributed by atoms with E-state index in [1.807, 2.05) is 18.2 Å². The van der Waals surface area contributed by atoms with Crippen LogP contribution in [0.25, 0.3) is 77.2 Å². The molecule has 0 aromatic heterocycles. The van der Waals surface area contributed by atoms with Crippen LogP contribution in [0, 0.1) is 34.6 Å². The minimum atomic E-state index is 1.28. The molecule has 0 atom stereocenters. The van der Waals surface area contributed by atoms with E-state index >= 15 is 0 Å². The average molecular weight is 941 g/mol. The monoisotopic (exact) mass is 941 g/mol. The van der Waals surface area contributed by atoms with E-state index < -0.39 is 0 Å². The lowest BCUT2D eigenvalue weighted by molar-refractivity contribution is 1.46. The maximum atomic E-state index is 2.25. The summed E-state index contributed by atoms with van der Waals surface area (Å²) >= 11 is 0. The Bertz CT molecular complexity index is 3540. The Morgan fingerprint density at radius 3 is 1.11 bits per heavy atom. The van der Waals surface area contributed by atoms with Crippen molar-refractivity contribution in [2.45, 2.75) is 34.6 Å². The molecule has 356 valence electrons. The first-order valence-electron chi connectivity index (χ1n) is 25.2. The third-order valence-corrected chi connectivity index (χ3v) is 12.8. The molecule has 0 heterocycles. The van der Waals surface area contributed by atoms with Crippen molar-refractivity contribution in [1.29, 1.82) is 0 Å². The zero-order chi connectivity index (χ0) is 50.6. The van der Waals surface area contributed by atoms with Gasteiger partial charge in [0.2, 0.25) is 0 Å². The molecule has 0 aliphatic rings. The van der Waals surface area contributed by atoms with Crippen LogP contribution >= 0.6 is 0 Å². The van der Waals surface area contributed by atoms with Gasteiger partial charge < -0.3 is 0 Å². The lowest BCUT2D eigenvalue weighted by atomic mass is 9.98. The van der Waals surface area contributed by atoms with Gasteiger partial charge in [-0.15, -0.1) is 0 Å². The molecule has 0 saturated heterocycles. The molecule has 0 aliphatic heterocycles. The zero-order valence-corrected chi connectivity index (χ0v) is 42.8. The number of benzene rings is 12. The fraction of sp³-hybridized carbons (Fsp3) is 0.0685. The molecule has 0 heteroatoms. The maximum Gasteiger partial charge on any atom is -0.0105 e.